The lowest BCUT2D eigenvalue weighted by Crippen LogP contribution is -2.38. The Kier molecular flexibility index (Phi) is 6.98. The highest BCUT2D eigenvalue weighted by Gasteiger charge is 2.21. The number of carbonyl (C=O) groups is 2. The lowest BCUT2D eigenvalue weighted by Gasteiger charge is -2.18. The molecule has 1 amide bonds. The molecule has 1 unspecified atom stereocenters. The molecule has 0 bridgehead atoms. The molecule has 31 heavy (non-hydrogen) atoms. The van der Waals surface area contributed by atoms with Gasteiger partial charge in [-0.05, 0) is 31.5 Å². The normalized spacial score (nSPS) is 11.8. The molecule has 9 nitrogen and oxygen atoms in total. The summed E-state index contributed by atoms with van der Waals surface area (Å²) in [6.45, 7) is 3.92. The highest BCUT2D eigenvalue weighted by atomic mass is 32.1. The van der Waals surface area contributed by atoms with E-state index in [1.165, 1.54) is 43.0 Å². The van der Waals surface area contributed by atoms with E-state index >= 15 is 0 Å². The number of nitrogens with zero attached hydrogens (tertiary/aromatic N) is 2. The van der Waals surface area contributed by atoms with Gasteiger partial charge in [-0.3, -0.25) is 4.79 Å². The van der Waals surface area contributed by atoms with Crippen LogP contribution in [0.4, 0.5) is 15.9 Å². The quantitative estimate of drug-likeness (QED) is 0.449. The smallest absolute Gasteiger partial charge is 0.348 e. The standard InChI is InChI=1S/C20H22FN5O4S/c1-10-15-17(24-9-25-19(15)31-16(10)20(28)29-3)26-13-5-4-12(21)8-14(13)30-11(2)18(27)23-7-6-22/h4-5,8-9,11H,6-7,22H2,1-3H3,(H,23,27)(H,24,25,26). The molecule has 1 aromatic carbocycles. The van der Waals surface area contributed by atoms with Crippen LogP contribution in [0.1, 0.15) is 22.2 Å². The largest absolute Gasteiger partial charge is 0.479 e. The van der Waals surface area contributed by atoms with E-state index in [1.54, 1.807) is 13.8 Å². The van der Waals surface area contributed by atoms with Gasteiger partial charge in [-0.25, -0.2) is 19.2 Å². The Bertz CT molecular complexity index is 1120. The number of hydrogen-bond acceptors (Lipinski definition) is 9. The molecule has 0 aliphatic rings. The van der Waals surface area contributed by atoms with Crippen LogP contribution in [0.25, 0.3) is 10.2 Å². The Labute approximate surface area is 181 Å². The third kappa shape index (κ3) is 4.89. The number of halogens is 1. The summed E-state index contributed by atoms with van der Waals surface area (Å²) in [6, 6.07) is 3.91. The van der Waals surface area contributed by atoms with Gasteiger partial charge in [0.05, 0.1) is 18.2 Å². The molecule has 4 N–H and O–H groups in total. The molecule has 164 valence electrons. The summed E-state index contributed by atoms with van der Waals surface area (Å²) in [5.74, 6) is -0.826. The second-order valence-corrected chi connectivity index (χ2v) is 7.55. The molecule has 0 radical (unpaired) electrons. The zero-order valence-electron chi connectivity index (χ0n) is 17.2. The van der Waals surface area contributed by atoms with Crippen molar-refractivity contribution in [1.29, 1.82) is 0 Å². The molecule has 0 aliphatic heterocycles. The van der Waals surface area contributed by atoms with Crippen molar-refractivity contribution in [1.82, 2.24) is 15.3 Å². The molecular weight excluding hydrogens is 425 g/mol. The number of nitrogens with one attached hydrogen (secondary N) is 2. The van der Waals surface area contributed by atoms with Gasteiger partial charge < -0.3 is 25.8 Å². The van der Waals surface area contributed by atoms with E-state index in [2.05, 4.69) is 20.6 Å². The van der Waals surface area contributed by atoms with Crippen molar-refractivity contribution in [3.05, 3.63) is 40.8 Å². The van der Waals surface area contributed by atoms with E-state index in [9.17, 15) is 14.0 Å². The fourth-order valence-corrected chi connectivity index (χ4v) is 3.93. The Morgan fingerprint density at radius 2 is 2.10 bits per heavy atom. The summed E-state index contributed by atoms with van der Waals surface area (Å²) in [6.07, 6.45) is 0.474. The molecule has 1 atom stereocenters. The number of methoxy groups -OCH3 is 1. The summed E-state index contributed by atoms with van der Waals surface area (Å²) in [7, 11) is 1.31. The minimum absolute atomic E-state index is 0.128. The molecule has 0 spiro atoms. The lowest BCUT2D eigenvalue weighted by atomic mass is 10.2. The Balaban J connectivity index is 1.95. The van der Waals surface area contributed by atoms with Gasteiger partial charge in [-0.15, -0.1) is 11.3 Å². The van der Waals surface area contributed by atoms with E-state index in [0.29, 0.717) is 45.3 Å². The van der Waals surface area contributed by atoms with Crippen molar-refractivity contribution in [2.45, 2.75) is 20.0 Å². The molecule has 0 saturated heterocycles. The number of esters is 1. The minimum atomic E-state index is -0.881. The molecule has 2 heterocycles. The SMILES string of the molecule is COC(=O)c1sc2ncnc(Nc3ccc(F)cc3OC(C)C(=O)NCCN)c2c1C. The molecule has 0 aliphatic carbocycles. The first-order valence-electron chi connectivity index (χ1n) is 9.39. The average Bonchev–Trinajstić information content (AvgIpc) is 3.10. The van der Waals surface area contributed by atoms with E-state index < -0.39 is 17.9 Å². The highest BCUT2D eigenvalue weighted by molar-refractivity contribution is 7.20. The van der Waals surface area contributed by atoms with E-state index in [0.717, 1.165) is 0 Å². The highest BCUT2D eigenvalue weighted by Crippen LogP contribution is 2.36. The zero-order chi connectivity index (χ0) is 22.5. The van der Waals surface area contributed by atoms with E-state index in [1.807, 2.05) is 0 Å². The molecule has 11 heteroatoms. The number of amides is 1. The topological polar surface area (TPSA) is 128 Å². The van der Waals surface area contributed by atoms with Crippen LogP contribution < -0.4 is 21.1 Å². The van der Waals surface area contributed by atoms with Crippen LogP contribution in [0.15, 0.2) is 24.5 Å². The van der Waals surface area contributed by atoms with Crippen LogP contribution in [0.3, 0.4) is 0 Å². The summed E-state index contributed by atoms with van der Waals surface area (Å²) in [5, 5.41) is 6.36. The van der Waals surface area contributed by atoms with Crippen molar-refractivity contribution in [2.75, 3.05) is 25.5 Å². The number of fused-ring (bicyclic) bond motifs is 1. The predicted molar refractivity (Wildman–Crippen MR) is 115 cm³/mol. The maximum Gasteiger partial charge on any atom is 0.348 e. The number of rotatable bonds is 8. The molecule has 3 rings (SSSR count). The molecule has 2 aromatic heterocycles. The van der Waals surface area contributed by atoms with Crippen LogP contribution in [-0.4, -0.2) is 48.1 Å². The number of ether oxygens (including phenoxy) is 2. The van der Waals surface area contributed by atoms with Gasteiger partial charge in [0.1, 0.15) is 33.4 Å². The molecule has 3 aromatic rings. The van der Waals surface area contributed by atoms with Crippen molar-refractivity contribution < 1.29 is 23.5 Å². The summed E-state index contributed by atoms with van der Waals surface area (Å²) in [4.78, 5) is 33.6. The third-order valence-electron chi connectivity index (χ3n) is 4.41. The van der Waals surface area contributed by atoms with Crippen molar-refractivity contribution in [2.24, 2.45) is 5.73 Å². The fraction of sp³-hybridized carbons (Fsp3) is 0.300. The summed E-state index contributed by atoms with van der Waals surface area (Å²) >= 11 is 1.19. The number of hydrogen-bond donors (Lipinski definition) is 3. The maximum absolute atomic E-state index is 13.9. The fourth-order valence-electron chi connectivity index (χ4n) is 2.86. The van der Waals surface area contributed by atoms with Crippen LogP contribution in [0, 0.1) is 12.7 Å². The van der Waals surface area contributed by atoms with Crippen LogP contribution in [-0.2, 0) is 9.53 Å². The van der Waals surface area contributed by atoms with Crippen LogP contribution in [0.2, 0.25) is 0 Å². The number of anilines is 2. The van der Waals surface area contributed by atoms with Gasteiger partial charge in [-0.2, -0.15) is 0 Å². The number of aromatic nitrogens is 2. The van der Waals surface area contributed by atoms with E-state index in [-0.39, 0.29) is 11.7 Å². The van der Waals surface area contributed by atoms with Gasteiger partial charge in [0.15, 0.2) is 6.10 Å². The number of nitrogens with two attached hydrogens (primary N) is 1. The molecular formula is C20H22FN5O4S. The van der Waals surface area contributed by atoms with Crippen molar-refractivity contribution in [3.63, 3.8) is 0 Å². The Morgan fingerprint density at radius 3 is 2.81 bits per heavy atom. The summed E-state index contributed by atoms with van der Waals surface area (Å²) < 4.78 is 24.4. The van der Waals surface area contributed by atoms with Crippen molar-refractivity contribution >= 4 is 44.9 Å². The van der Waals surface area contributed by atoms with Gasteiger partial charge in [0.25, 0.3) is 5.91 Å². The Hall–Kier alpha value is -3.31. The predicted octanol–water partition coefficient (Wildman–Crippen LogP) is 2.51. The zero-order valence-corrected chi connectivity index (χ0v) is 18.0. The first-order valence-corrected chi connectivity index (χ1v) is 10.2. The first-order chi connectivity index (χ1) is 14.8. The summed E-state index contributed by atoms with van der Waals surface area (Å²) in [5.41, 5.74) is 6.45. The van der Waals surface area contributed by atoms with Gasteiger partial charge >= 0.3 is 5.97 Å². The first kappa shape index (κ1) is 22.4. The van der Waals surface area contributed by atoms with E-state index in [4.69, 9.17) is 15.2 Å². The third-order valence-corrected chi connectivity index (χ3v) is 5.59. The van der Waals surface area contributed by atoms with Crippen LogP contribution in [0.5, 0.6) is 5.75 Å². The van der Waals surface area contributed by atoms with Crippen LogP contribution >= 0.6 is 11.3 Å². The van der Waals surface area contributed by atoms with Gasteiger partial charge in [0, 0.05) is 19.2 Å². The molecule has 0 saturated carbocycles. The number of aryl methyl sites for hydroxylation is 1. The van der Waals surface area contributed by atoms with Gasteiger partial charge in [0.2, 0.25) is 0 Å². The van der Waals surface area contributed by atoms with Gasteiger partial charge in [-0.1, -0.05) is 0 Å². The second-order valence-electron chi connectivity index (χ2n) is 6.56. The number of carbonyl (C=O) groups excluding carboxylic acids is 2. The average molecular weight is 447 g/mol. The molecule has 0 fully saturated rings. The monoisotopic (exact) mass is 447 g/mol. The minimum Gasteiger partial charge on any atom is -0.479 e. The Morgan fingerprint density at radius 1 is 1.32 bits per heavy atom. The van der Waals surface area contributed by atoms with Crippen molar-refractivity contribution in [3.8, 4) is 5.75 Å². The number of benzene rings is 1. The number of thiophene rings is 1. The lowest BCUT2D eigenvalue weighted by molar-refractivity contribution is -0.127. The second kappa shape index (κ2) is 9.67. The maximum atomic E-state index is 13.9.